The van der Waals surface area contributed by atoms with Crippen LogP contribution in [-0.2, 0) is 0 Å². The Labute approximate surface area is 196 Å². The first-order valence-corrected chi connectivity index (χ1v) is 10.9. The lowest BCUT2D eigenvalue weighted by molar-refractivity contribution is 0.231. The van der Waals surface area contributed by atoms with Crippen LogP contribution in [-0.4, -0.2) is 22.7 Å². The number of carbonyl (C=O) groups excluding carboxylic acids is 1. The molecule has 3 aromatic carbocycles. The fraction of sp³-hybridized carbons (Fsp3) is 0.167. The highest BCUT2D eigenvalue weighted by molar-refractivity contribution is 6.64. The zero-order chi connectivity index (χ0) is 22.0. The van der Waals surface area contributed by atoms with Gasteiger partial charge in [-0.1, -0.05) is 59.6 Å². The van der Waals surface area contributed by atoms with Crippen molar-refractivity contribution in [3.8, 4) is 5.75 Å². The number of halogens is 3. The smallest absolute Gasteiger partial charge is 0.322 e. The summed E-state index contributed by atoms with van der Waals surface area (Å²) in [6, 6.07) is 21.4. The largest absolute Gasteiger partial charge is 0.493 e. The van der Waals surface area contributed by atoms with E-state index >= 15 is 0 Å². The molecule has 0 radical (unpaired) electrons. The standard InChI is InChI=1S/C24H19Cl3N2O2/c1-2-31-20-6-4-3-5-19(20)23-28-21(15-7-11-17(25)12-8-15)22(29(23)24(27)30)16-9-13-18(26)14-10-16/h3-14,21-22H,2H2,1H3/t21-,22+/m0/s1. The van der Waals surface area contributed by atoms with Gasteiger partial charge < -0.3 is 4.74 Å². The highest BCUT2D eigenvalue weighted by atomic mass is 35.5. The van der Waals surface area contributed by atoms with E-state index in [0.29, 0.717) is 33.8 Å². The molecule has 0 saturated carbocycles. The number of aliphatic imine (C=N–C) groups is 1. The molecule has 1 heterocycles. The number of hydrogen-bond donors (Lipinski definition) is 0. The van der Waals surface area contributed by atoms with Gasteiger partial charge in [-0.05, 0) is 66.0 Å². The van der Waals surface area contributed by atoms with Gasteiger partial charge in [0.2, 0.25) is 0 Å². The van der Waals surface area contributed by atoms with Gasteiger partial charge in [-0.15, -0.1) is 0 Å². The van der Waals surface area contributed by atoms with Crippen molar-refractivity contribution in [2.24, 2.45) is 4.99 Å². The molecule has 1 aliphatic heterocycles. The van der Waals surface area contributed by atoms with E-state index in [1.807, 2.05) is 67.6 Å². The van der Waals surface area contributed by atoms with Crippen LogP contribution in [0.3, 0.4) is 0 Å². The number of carbonyl (C=O) groups is 1. The van der Waals surface area contributed by atoms with Gasteiger partial charge in [0.05, 0.1) is 18.2 Å². The van der Waals surface area contributed by atoms with Crippen molar-refractivity contribution in [1.29, 1.82) is 0 Å². The molecule has 0 fully saturated rings. The molecule has 0 N–H and O–H groups in total. The third-order valence-corrected chi connectivity index (χ3v) is 5.79. The Morgan fingerprint density at radius 2 is 1.52 bits per heavy atom. The second-order valence-corrected chi connectivity index (χ2v) is 8.19. The maximum atomic E-state index is 12.7. The molecule has 0 bridgehead atoms. The van der Waals surface area contributed by atoms with Crippen molar-refractivity contribution in [3.63, 3.8) is 0 Å². The van der Waals surface area contributed by atoms with E-state index in [9.17, 15) is 4.79 Å². The Morgan fingerprint density at radius 1 is 0.935 bits per heavy atom. The summed E-state index contributed by atoms with van der Waals surface area (Å²) in [5.41, 5.74) is 2.48. The highest BCUT2D eigenvalue weighted by Gasteiger charge is 2.42. The molecule has 3 aromatic rings. The zero-order valence-electron chi connectivity index (χ0n) is 16.6. The van der Waals surface area contributed by atoms with Crippen molar-refractivity contribution >= 4 is 46.0 Å². The number of hydrogen-bond acceptors (Lipinski definition) is 3. The molecule has 7 heteroatoms. The van der Waals surface area contributed by atoms with Gasteiger partial charge >= 0.3 is 5.37 Å². The number of para-hydroxylation sites is 1. The summed E-state index contributed by atoms with van der Waals surface area (Å²) in [7, 11) is 0. The quantitative estimate of drug-likeness (QED) is 0.288. The molecular formula is C24H19Cl3N2O2. The van der Waals surface area contributed by atoms with Crippen molar-refractivity contribution in [2.45, 2.75) is 19.0 Å². The van der Waals surface area contributed by atoms with Crippen molar-refractivity contribution < 1.29 is 9.53 Å². The minimum atomic E-state index is -0.624. The van der Waals surface area contributed by atoms with Crippen LogP contribution in [0.15, 0.2) is 77.8 Å². The lowest BCUT2D eigenvalue weighted by atomic mass is 9.94. The van der Waals surface area contributed by atoms with E-state index in [4.69, 9.17) is 44.5 Å². The Hall–Kier alpha value is -2.53. The number of amidine groups is 1. The molecule has 0 spiro atoms. The predicted octanol–water partition coefficient (Wildman–Crippen LogP) is 7.30. The maximum absolute atomic E-state index is 12.7. The Morgan fingerprint density at radius 3 is 2.10 bits per heavy atom. The van der Waals surface area contributed by atoms with Crippen molar-refractivity contribution in [1.82, 2.24) is 4.90 Å². The molecule has 2 atom stereocenters. The van der Waals surface area contributed by atoms with Gasteiger partial charge in [-0.25, -0.2) is 0 Å². The molecule has 1 aliphatic rings. The third kappa shape index (κ3) is 4.42. The molecule has 1 amide bonds. The SMILES string of the molecule is CCOc1ccccc1C1=N[C@@H](c2ccc(Cl)cc2)[C@@H](c2ccc(Cl)cc2)N1C(=O)Cl. The summed E-state index contributed by atoms with van der Waals surface area (Å²) in [6.45, 7) is 2.39. The summed E-state index contributed by atoms with van der Waals surface area (Å²) >= 11 is 18.3. The van der Waals surface area contributed by atoms with E-state index in [-0.39, 0.29) is 6.04 Å². The van der Waals surface area contributed by atoms with Crippen molar-refractivity contribution in [2.75, 3.05) is 6.61 Å². The van der Waals surface area contributed by atoms with Crippen LogP contribution in [0.1, 0.15) is 35.7 Å². The average Bonchev–Trinajstić information content (AvgIpc) is 3.16. The number of rotatable bonds is 5. The normalized spacial score (nSPS) is 18.1. The van der Waals surface area contributed by atoms with E-state index in [2.05, 4.69) is 0 Å². The van der Waals surface area contributed by atoms with E-state index in [1.54, 1.807) is 12.1 Å². The minimum Gasteiger partial charge on any atom is -0.493 e. The Balaban J connectivity index is 1.90. The molecule has 158 valence electrons. The van der Waals surface area contributed by atoms with E-state index in [1.165, 1.54) is 4.90 Å². The summed E-state index contributed by atoms with van der Waals surface area (Å²) in [4.78, 5) is 19.2. The summed E-state index contributed by atoms with van der Waals surface area (Å²) in [5.74, 6) is 1.10. The van der Waals surface area contributed by atoms with Crippen LogP contribution < -0.4 is 4.74 Å². The monoisotopic (exact) mass is 472 g/mol. The second kappa shape index (κ2) is 9.31. The summed E-state index contributed by atoms with van der Waals surface area (Å²) < 4.78 is 5.79. The van der Waals surface area contributed by atoms with Gasteiger partial charge in [0.15, 0.2) is 0 Å². The number of nitrogens with zero attached hydrogens (tertiary/aromatic N) is 2. The summed E-state index contributed by atoms with van der Waals surface area (Å²) in [5, 5.41) is 0.610. The molecular weight excluding hydrogens is 455 g/mol. The first kappa shape index (κ1) is 21.7. The molecule has 4 rings (SSSR count). The van der Waals surface area contributed by atoms with Crippen LogP contribution >= 0.6 is 34.8 Å². The van der Waals surface area contributed by atoms with Crippen LogP contribution in [0.25, 0.3) is 0 Å². The Kier molecular flexibility index (Phi) is 6.51. The first-order chi connectivity index (χ1) is 15.0. The molecule has 0 unspecified atom stereocenters. The van der Waals surface area contributed by atoms with Crippen LogP contribution in [0, 0.1) is 0 Å². The lowest BCUT2D eigenvalue weighted by Crippen LogP contribution is -2.34. The second-order valence-electron chi connectivity index (χ2n) is 7.00. The van der Waals surface area contributed by atoms with Gasteiger partial charge in [0, 0.05) is 10.0 Å². The van der Waals surface area contributed by atoms with Gasteiger partial charge in [-0.3, -0.25) is 14.7 Å². The number of benzene rings is 3. The minimum absolute atomic E-state index is 0.383. The number of amides is 1. The molecule has 31 heavy (non-hydrogen) atoms. The molecule has 4 nitrogen and oxygen atoms in total. The van der Waals surface area contributed by atoms with Crippen LogP contribution in [0.5, 0.6) is 5.75 Å². The lowest BCUT2D eigenvalue weighted by Gasteiger charge is -2.28. The highest BCUT2D eigenvalue weighted by Crippen LogP contribution is 2.45. The fourth-order valence-electron chi connectivity index (χ4n) is 3.77. The van der Waals surface area contributed by atoms with Gasteiger partial charge in [0.25, 0.3) is 0 Å². The third-order valence-electron chi connectivity index (χ3n) is 5.11. The van der Waals surface area contributed by atoms with Crippen molar-refractivity contribution in [3.05, 3.63) is 99.5 Å². The summed E-state index contributed by atoms with van der Waals surface area (Å²) in [6.07, 6.45) is 0. The molecule has 0 aliphatic carbocycles. The number of ether oxygens (including phenoxy) is 1. The van der Waals surface area contributed by atoms with E-state index < -0.39 is 11.4 Å². The predicted molar refractivity (Wildman–Crippen MR) is 126 cm³/mol. The maximum Gasteiger partial charge on any atom is 0.322 e. The fourth-order valence-corrected chi connectivity index (χ4v) is 4.21. The van der Waals surface area contributed by atoms with E-state index in [0.717, 1.165) is 11.1 Å². The topological polar surface area (TPSA) is 41.9 Å². The molecule has 0 saturated heterocycles. The zero-order valence-corrected chi connectivity index (χ0v) is 18.9. The first-order valence-electron chi connectivity index (χ1n) is 9.79. The van der Waals surface area contributed by atoms with Gasteiger partial charge in [0.1, 0.15) is 17.6 Å². The Bertz CT molecular complexity index is 1110. The van der Waals surface area contributed by atoms with Gasteiger partial charge in [-0.2, -0.15) is 0 Å². The average molecular weight is 474 g/mol. The van der Waals surface area contributed by atoms with Crippen LogP contribution in [0.4, 0.5) is 4.79 Å². The molecule has 0 aromatic heterocycles. The van der Waals surface area contributed by atoms with Crippen LogP contribution in [0.2, 0.25) is 10.0 Å².